The van der Waals surface area contributed by atoms with E-state index in [2.05, 4.69) is 28.1 Å². The number of halogens is 1. The summed E-state index contributed by atoms with van der Waals surface area (Å²) in [5.41, 5.74) is 2.10. The molecule has 0 saturated heterocycles. The summed E-state index contributed by atoms with van der Waals surface area (Å²) in [5, 5.41) is 0. The van der Waals surface area contributed by atoms with E-state index in [0.717, 1.165) is 29.6 Å². The Kier molecular flexibility index (Phi) is 13.5. The molecule has 0 N–H and O–H groups in total. The van der Waals surface area contributed by atoms with Crippen molar-refractivity contribution in [1.82, 2.24) is 0 Å². The third-order valence-electron chi connectivity index (χ3n) is 5.75. The van der Waals surface area contributed by atoms with Crippen LogP contribution in [0.5, 0.6) is 0 Å². The van der Waals surface area contributed by atoms with Gasteiger partial charge in [-0.15, -0.1) is 0 Å². The molecule has 5 heteroatoms. The molecule has 0 radical (unpaired) electrons. The Morgan fingerprint density at radius 1 is 0.788 bits per heavy atom. The number of hydrogen-bond donors (Lipinski definition) is 0. The molecule has 182 valence electrons. The second-order valence-corrected chi connectivity index (χ2v) is 9.68. The first-order chi connectivity index (χ1) is 15.3. The molecule has 2 rings (SSSR count). The van der Waals surface area contributed by atoms with E-state index in [4.69, 9.17) is 0 Å². The fourth-order valence-electron chi connectivity index (χ4n) is 3.74. The molecule has 0 atom stereocenters. The van der Waals surface area contributed by atoms with Gasteiger partial charge in [0, 0.05) is 23.2 Å². The zero-order valence-electron chi connectivity index (χ0n) is 20.9. The Bertz CT molecular complexity index is 846. The van der Waals surface area contributed by atoms with Crippen molar-refractivity contribution >= 4 is 17.4 Å². The second-order valence-electron chi connectivity index (χ2n) is 9.68. The number of carbonyl (C=O) groups excluding carboxylic acids is 2. The van der Waals surface area contributed by atoms with E-state index in [9.17, 15) is 9.59 Å². The molecule has 0 spiro atoms. The molecule has 0 saturated carbocycles. The minimum atomic E-state index is -0.0152. The Labute approximate surface area is 218 Å². The maximum absolute atomic E-state index is 13.2. The van der Waals surface area contributed by atoms with E-state index < -0.39 is 0 Å². The van der Waals surface area contributed by atoms with Crippen molar-refractivity contribution in [3.8, 4) is 0 Å². The molecule has 0 aromatic heterocycles. The third-order valence-corrected chi connectivity index (χ3v) is 5.75. The van der Waals surface area contributed by atoms with Crippen LogP contribution in [0, 0.1) is 0 Å². The first kappa shape index (κ1) is 29.3. The maximum Gasteiger partial charge on any atom is 0.227 e. The highest BCUT2D eigenvalue weighted by Gasteiger charge is 2.20. The Morgan fingerprint density at radius 2 is 1.39 bits per heavy atom. The van der Waals surface area contributed by atoms with Gasteiger partial charge in [0.2, 0.25) is 5.91 Å². The minimum Gasteiger partial charge on any atom is -1.00 e. The van der Waals surface area contributed by atoms with Crippen molar-refractivity contribution < 1.29 is 38.0 Å². The fourth-order valence-corrected chi connectivity index (χ4v) is 3.74. The Hall–Kier alpha value is -1.73. The highest BCUT2D eigenvalue weighted by molar-refractivity contribution is 6.09. The highest BCUT2D eigenvalue weighted by Crippen LogP contribution is 2.21. The lowest BCUT2D eigenvalue weighted by Gasteiger charge is -2.29. The van der Waals surface area contributed by atoms with E-state index in [-0.39, 0.29) is 35.7 Å². The van der Waals surface area contributed by atoms with Crippen molar-refractivity contribution in [2.24, 2.45) is 0 Å². The molecular weight excluding hydrogens is 523 g/mol. The quantitative estimate of drug-likeness (QED) is 0.153. The van der Waals surface area contributed by atoms with Gasteiger partial charge in [0.15, 0.2) is 5.78 Å². The van der Waals surface area contributed by atoms with Gasteiger partial charge in [0.25, 0.3) is 0 Å². The van der Waals surface area contributed by atoms with Crippen molar-refractivity contribution in [1.29, 1.82) is 0 Å². The molecular formula is C28H41IN2O2. The molecule has 0 aliphatic heterocycles. The number of hydrogen-bond acceptors (Lipinski definition) is 2. The van der Waals surface area contributed by atoms with Crippen LogP contribution < -0.4 is 28.9 Å². The van der Waals surface area contributed by atoms with Gasteiger partial charge in [-0.2, -0.15) is 0 Å². The molecule has 33 heavy (non-hydrogen) atoms. The van der Waals surface area contributed by atoms with Gasteiger partial charge in [0.05, 0.1) is 34.2 Å². The number of nitrogens with zero attached hydrogens (tertiary/aromatic N) is 2. The third kappa shape index (κ3) is 10.8. The van der Waals surface area contributed by atoms with Gasteiger partial charge in [-0.1, -0.05) is 87.9 Å². The smallest absolute Gasteiger partial charge is 0.227 e. The van der Waals surface area contributed by atoms with Gasteiger partial charge in [-0.3, -0.25) is 9.59 Å². The van der Waals surface area contributed by atoms with Crippen molar-refractivity contribution in [2.75, 3.05) is 39.1 Å². The van der Waals surface area contributed by atoms with Crippen LogP contribution in [0.25, 0.3) is 0 Å². The lowest BCUT2D eigenvalue weighted by molar-refractivity contribution is -0.868. The number of amides is 1. The lowest BCUT2D eigenvalue weighted by atomic mass is 10.0. The number of carbonyl (C=O) groups is 2. The number of ketones is 1. The largest absolute Gasteiger partial charge is 1.00 e. The van der Waals surface area contributed by atoms with Crippen molar-refractivity contribution in [2.45, 2.75) is 58.3 Å². The van der Waals surface area contributed by atoms with Crippen LogP contribution in [0.15, 0.2) is 54.6 Å². The van der Waals surface area contributed by atoms with E-state index in [1.165, 1.54) is 32.1 Å². The molecule has 4 nitrogen and oxygen atoms in total. The maximum atomic E-state index is 13.2. The number of rotatable bonds is 14. The number of quaternary nitrogens is 1. The van der Waals surface area contributed by atoms with Gasteiger partial charge in [0.1, 0.15) is 0 Å². The molecule has 0 aliphatic rings. The number of anilines is 1. The monoisotopic (exact) mass is 564 g/mol. The average Bonchev–Trinajstić information content (AvgIpc) is 2.78. The summed E-state index contributed by atoms with van der Waals surface area (Å²) in [4.78, 5) is 28.0. The molecule has 0 fully saturated rings. The molecule has 0 unspecified atom stereocenters. The highest BCUT2D eigenvalue weighted by atomic mass is 127. The summed E-state index contributed by atoms with van der Waals surface area (Å²) in [6.07, 6.45) is 8.90. The first-order valence-electron chi connectivity index (χ1n) is 12.1. The number of likely N-dealkylation sites (N-methyl/N-ethyl adjacent to an activating group) is 1. The first-order valence-corrected chi connectivity index (χ1v) is 12.1. The van der Waals surface area contributed by atoms with E-state index >= 15 is 0 Å². The topological polar surface area (TPSA) is 37.4 Å². The predicted molar refractivity (Wildman–Crippen MR) is 134 cm³/mol. The normalized spacial score (nSPS) is 11.0. The van der Waals surface area contributed by atoms with Crippen LogP contribution in [-0.2, 0) is 4.79 Å². The summed E-state index contributed by atoms with van der Waals surface area (Å²) in [7, 11) is 6.40. The van der Waals surface area contributed by atoms with Crippen LogP contribution >= 0.6 is 0 Å². The van der Waals surface area contributed by atoms with E-state index in [0.29, 0.717) is 24.1 Å². The summed E-state index contributed by atoms with van der Waals surface area (Å²) >= 11 is 0. The molecule has 0 heterocycles. The predicted octanol–water partition coefficient (Wildman–Crippen LogP) is 3.10. The Morgan fingerprint density at radius 3 is 2.03 bits per heavy atom. The minimum absolute atomic E-state index is 0. The van der Waals surface area contributed by atoms with Gasteiger partial charge in [-0.25, -0.2) is 0 Å². The lowest BCUT2D eigenvalue weighted by Crippen LogP contribution is -3.00. The van der Waals surface area contributed by atoms with Crippen molar-refractivity contribution in [3.63, 3.8) is 0 Å². The number of unbranched alkanes of at least 4 members (excludes halogenated alkanes) is 6. The summed E-state index contributed by atoms with van der Waals surface area (Å²) in [5.74, 6) is 0.134. The standard InChI is InChI=1S/C28H41N2O2.HI/c1-5-6-7-8-9-10-14-20-27(31)29(21-22-30(2,3)4)26-19-15-18-25(23-26)28(32)24-16-12-11-13-17-24;/h11-13,15-19,23H,5-10,14,20-22H2,1-4H3;1H/q+1;/p-1. The average molecular weight is 565 g/mol. The van der Waals surface area contributed by atoms with Crippen LogP contribution in [0.3, 0.4) is 0 Å². The number of benzene rings is 2. The van der Waals surface area contributed by atoms with Crippen LogP contribution in [0.2, 0.25) is 0 Å². The fraction of sp³-hybridized carbons (Fsp3) is 0.500. The summed E-state index contributed by atoms with van der Waals surface area (Å²) in [6.45, 7) is 3.72. The summed E-state index contributed by atoms with van der Waals surface area (Å²) in [6, 6.07) is 16.8. The summed E-state index contributed by atoms with van der Waals surface area (Å²) < 4.78 is 0.782. The SMILES string of the molecule is CCCCCCCCCC(=O)N(CC[N+](C)(C)C)c1cccc(C(=O)c2ccccc2)c1.[I-]. The van der Waals surface area contributed by atoms with E-state index in [1.54, 1.807) is 0 Å². The van der Waals surface area contributed by atoms with Crippen LogP contribution in [0.4, 0.5) is 5.69 Å². The van der Waals surface area contributed by atoms with Gasteiger partial charge < -0.3 is 33.4 Å². The van der Waals surface area contributed by atoms with Crippen LogP contribution in [-0.4, -0.2) is 50.4 Å². The Balaban J connectivity index is 0.00000544. The molecule has 1 amide bonds. The zero-order valence-corrected chi connectivity index (χ0v) is 23.0. The molecule has 0 bridgehead atoms. The zero-order chi connectivity index (χ0) is 23.4. The molecule has 2 aromatic carbocycles. The van der Waals surface area contributed by atoms with Gasteiger partial charge >= 0.3 is 0 Å². The molecule has 0 aliphatic carbocycles. The van der Waals surface area contributed by atoms with Crippen LogP contribution in [0.1, 0.15) is 74.2 Å². The second kappa shape index (κ2) is 15.2. The molecule has 2 aromatic rings. The van der Waals surface area contributed by atoms with Crippen molar-refractivity contribution in [3.05, 3.63) is 65.7 Å². The van der Waals surface area contributed by atoms with E-state index in [1.807, 2.05) is 59.5 Å². The van der Waals surface area contributed by atoms with Gasteiger partial charge in [-0.05, 0) is 18.6 Å².